The zero-order valence-corrected chi connectivity index (χ0v) is 11.7. The molecule has 0 saturated carbocycles. The smallest absolute Gasteiger partial charge is 0.215 e. The molecule has 1 rings (SSSR count). The summed E-state index contributed by atoms with van der Waals surface area (Å²) < 4.78 is 48.8. The van der Waals surface area contributed by atoms with Crippen LogP contribution in [0.15, 0.2) is 0 Å². The Bertz CT molecular complexity index is 437. The maximum atomic E-state index is 11.8. The second kappa shape index (κ2) is 5.61. The van der Waals surface area contributed by atoms with Crippen LogP contribution in [0.5, 0.6) is 0 Å². The summed E-state index contributed by atoms with van der Waals surface area (Å²) in [5, 5.41) is 2.78. The standard InChI is InChI=1S/C8H19N3O4S2/c1-9-3-8-17(14,15)11-6-4-10(5-7-11)16(2,12)13/h9H,3-8H2,1-2H3. The van der Waals surface area contributed by atoms with Crippen LogP contribution in [0.25, 0.3) is 0 Å². The molecule has 1 aliphatic heterocycles. The van der Waals surface area contributed by atoms with Crippen LogP contribution < -0.4 is 5.32 Å². The largest absolute Gasteiger partial charge is 0.319 e. The Morgan fingerprint density at radius 3 is 1.88 bits per heavy atom. The molecule has 0 aromatic carbocycles. The van der Waals surface area contributed by atoms with E-state index in [-0.39, 0.29) is 31.9 Å². The highest BCUT2D eigenvalue weighted by molar-refractivity contribution is 7.89. The van der Waals surface area contributed by atoms with Crippen molar-refractivity contribution in [3.8, 4) is 0 Å². The van der Waals surface area contributed by atoms with E-state index < -0.39 is 20.0 Å². The third kappa shape index (κ3) is 4.18. The average Bonchev–Trinajstić information content (AvgIpc) is 2.25. The minimum absolute atomic E-state index is 0.0440. The van der Waals surface area contributed by atoms with Crippen molar-refractivity contribution in [3.05, 3.63) is 0 Å². The first-order valence-corrected chi connectivity index (χ1v) is 8.80. The minimum Gasteiger partial charge on any atom is -0.319 e. The Morgan fingerprint density at radius 2 is 1.47 bits per heavy atom. The highest BCUT2D eigenvalue weighted by Crippen LogP contribution is 2.10. The predicted octanol–water partition coefficient (Wildman–Crippen LogP) is -1.89. The van der Waals surface area contributed by atoms with E-state index in [1.165, 1.54) is 8.61 Å². The predicted molar refractivity (Wildman–Crippen MR) is 65.7 cm³/mol. The number of piperazine rings is 1. The van der Waals surface area contributed by atoms with E-state index in [0.717, 1.165) is 6.26 Å². The van der Waals surface area contributed by atoms with E-state index in [4.69, 9.17) is 0 Å². The number of nitrogens with zero attached hydrogens (tertiary/aromatic N) is 2. The molecule has 102 valence electrons. The zero-order valence-electron chi connectivity index (χ0n) is 10.1. The monoisotopic (exact) mass is 285 g/mol. The Morgan fingerprint density at radius 1 is 1.00 bits per heavy atom. The second-order valence-electron chi connectivity index (χ2n) is 3.98. The molecule has 0 unspecified atom stereocenters. The number of sulfonamides is 2. The van der Waals surface area contributed by atoms with Crippen molar-refractivity contribution in [2.75, 3.05) is 51.8 Å². The molecule has 1 aliphatic rings. The van der Waals surface area contributed by atoms with Gasteiger partial charge in [0.1, 0.15) is 0 Å². The Labute approximate surface area is 103 Å². The third-order valence-corrected chi connectivity index (χ3v) is 5.85. The highest BCUT2D eigenvalue weighted by atomic mass is 32.2. The van der Waals surface area contributed by atoms with Crippen LogP contribution in [0, 0.1) is 0 Å². The van der Waals surface area contributed by atoms with Crippen LogP contribution in [-0.4, -0.2) is 77.2 Å². The summed E-state index contributed by atoms with van der Waals surface area (Å²) in [5.41, 5.74) is 0. The molecule has 1 fully saturated rings. The lowest BCUT2D eigenvalue weighted by atomic mass is 10.4. The molecule has 0 radical (unpaired) electrons. The fraction of sp³-hybridized carbons (Fsp3) is 1.00. The van der Waals surface area contributed by atoms with Gasteiger partial charge in [0, 0.05) is 32.7 Å². The van der Waals surface area contributed by atoms with Gasteiger partial charge in [0.15, 0.2) is 0 Å². The molecule has 0 aromatic heterocycles. The first kappa shape index (κ1) is 14.8. The SMILES string of the molecule is CNCCS(=O)(=O)N1CCN(S(C)(=O)=O)CC1. The third-order valence-electron chi connectivity index (χ3n) is 2.67. The molecule has 9 heteroatoms. The van der Waals surface area contributed by atoms with Crippen molar-refractivity contribution in [1.82, 2.24) is 13.9 Å². The summed E-state index contributed by atoms with van der Waals surface area (Å²) in [7, 11) is -4.79. The molecule has 17 heavy (non-hydrogen) atoms. The van der Waals surface area contributed by atoms with Gasteiger partial charge in [0.05, 0.1) is 12.0 Å². The lowest BCUT2D eigenvalue weighted by molar-refractivity contribution is 0.274. The fourth-order valence-corrected chi connectivity index (χ4v) is 3.91. The quantitative estimate of drug-likeness (QED) is 0.638. The minimum atomic E-state index is -3.27. The lowest BCUT2D eigenvalue weighted by Crippen LogP contribution is -2.51. The van der Waals surface area contributed by atoms with Gasteiger partial charge in [-0.25, -0.2) is 16.8 Å². The van der Waals surface area contributed by atoms with Crippen LogP contribution in [0.1, 0.15) is 0 Å². The summed E-state index contributed by atoms with van der Waals surface area (Å²) in [4.78, 5) is 0. The first-order chi connectivity index (χ1) is 7.77. The normalized spacial score (nSPS) is 20.6. The molecule has 0 aliphatic carbocycles. The highest BCUT2D eigenvalue weighted by Gasteiger charge is 2.29. The molecule has 1 saturated heterocycles. The van der Waals surface area contributed by atoms with Crippen LogP contribution in [0.2, 0.25) is 0 Å². The van der Waals surface area contributed by atoms with Crippen molar-refractivity contribution >= 4 is 20.0 Å². The number of nitrogens with one attached hydrogen (secondary N) is 1. The van der Waals surface area contributed by atoms with Crippen LogP contribution in [0.4, 0.5) is 0 Å². The Hall–Kier alpha value is -0.220. The van der Waals surface area contributed by atoms with Crippen molar-refractivity contribution in [3.63, 3.8) is 0 Å². The van der Waals surface area contributed by atoms with E-state index in [9.17, 15) is 16.8 Å². The van der Waals surface area contributed by atoms with E-state index in [2.05, 4.69) is 5.32 Å². The van der Waals surface area contributed by atoms with Gasteiger partial charge >= 0.3 is 0 Å². The zero-order chi connectivity index (χ0) is 13.1. The second-order valence-corrected chi connectivity index (χ2v) is 8.05. The molecule has 0 aromatic rings. The number of hydrogen-bond donors (Lipinski definition) is 1. The van der Waals surface area contributed by atoms with Gasteiger partial charge in [0.25, 0.3) is 0 Å². The molecular formula is C8H19N3O4S2. The van der Waals surface area contributed by atoms with Crippen molar-refractivity contribution in [1.29, 1.82) is 0 Å². The summed E-state index contributed by atoms with van der Waals surface area (Å²) in [5.74, 6) is 0.0440. The van der Waals surface area contributed by atoms with Gasteiger partial charge in [-0.2, -0.15) is 8.61 Å². The topological polar surface area (TPSA) is 86.8 Å². The van der Waals surface area contributed by atoms with E-state index in [1.54, 1.807) is 7.05 Å². The maximum Gasteiger partial charge on any atom is 0.215 e. The van der Waals surface area contributed by atoms with Crippen LogP contribution in [0.3, 0.4) is 0 Å². The van der Waals surface area contributed by atoms with E-state index in [1.807, 2.05) is 0 Å². The van der Waals surface area contributed by atoms with Crippen molar-refractivity contribution in [2.45, 2.75) is 0 Å². The van der Waals surface area contributed by atoms with E-state index >= 15 is 0 Å². The molecule has 0 bridgehead atoms. The Kier molecular flexibility index (Phi) is 4.90. The summed E-state index contributed by atoms with van der Waals surface area (Å²) >= 11 is 0. The molecule has 0 amide bonds. The molecule has 1 N–H and O–H groups in total. The van der Waals surface area contributed by atoms with Gasteiger partial charge in [-0.15, -0.1) is 0 Å². The van der Waals surface area contributed by atoms with Crippen molar-refractivity contribution in [2.24, 2.45) is 0 Å². The molecule has 7 nitrogen and oxygen atoms in total. The van der Waals surface area contributed by atoms with E-state index in [0.29, 0.717) is 6.54 Å². The number of hydrogen-bond acceptors (Lipinski definition) is 5. The summed E-state index contributed by atoms with van der Waals surface area (Å²) in [6.07, 6.45) is 1.14. The average molecular weight is 285 g/mol. The molecule has 0 spiro atoms. The number of rotatable bonds is 5. The molecule has 1 heterocycles. The molecular weight excluding hydrogens is 266 g/mol. The lowest BCUT2D eigenvalue weighted by Gasteiger charge is -2.32. The van der Waals surface area contributed by atoms with Gasteiger partial charge in [-0.3, -0.25) is 0 Å². The van der Waals surface area contributed by atoms with Gasteiger partial charge in [-0.1, -0.05) is 0 Å². The first-order valence-electron chi connectivity index (χ1n) is 5.35. The van der Waals surface area contributed by atoms with Gasteiger partial charge in [-0.05, 0) is 7.05 Å². The van der Waals surface area contributed by atoms with Crippen LogP contribution in [-0.2, 0) is 20.0 Å². The van der Waals surface area contributed by atoms with Crippen molar-refractivity contribution < 1.29 is 16.8 Å². The van der Waals surface area contributed by atoms with Gasteiger partial charge in [0.2, 0.25) is 20.0 Å². The Balaban J connectivity index is 2.58. The molecule has 0 atom stereocenters. The summed E-state index contributed by atoms with van der Waals surface area (Å²) in [6, 6.07) is 0. The maximum absolute atomic E-state index is 11.8. The fourth-order valence-electron chi connectivity index (χ4n) is 1.64. The van der Waals surface area contributed by atoms with Crippen LogP contribution >= 0.6 is 0 Å². The summed E-state index contributed by atoms with van der Waals surface area (Å²) in [6.45, 7) is 1.34. The van der Waals surface area contributed by atoms with Gasteiger partial charge < -0.3 is 5.32 Å².